The van der Waals surface area contributed by atoms with Crippen LogP contribution >= 0.6 is 11.8 Å². The first-order chi connectivity index (χ1) is 9.13. The standard InChI is InChI=1S/C18H37NS/c1-17(2,3)16-9-8-15(13-19-18(4,5)6)14(12-16)10-11-20-7/h14-16,19H,8-13H2,1-7H3. The fourth-order valence-electron chi connectivity index (χ4n) is 3.44. The average Bonchev–Trinajstić information content (AvgIpc) is 2.32. The van der Waals surface area contributed by atoms with Crippen LogP contribution in [0.4, 0.5) is 0 Å². The number of thioether (sulfide) groups is 1. The zero-order valence-corrected chi connectivity index (χ0v) is 15.7. The van der Waals surface area contributed by atoms with Gasteiger partial charge in [-0.3, -0.25) is 0 Å². The van der Waals surface area contributed by atoms with Crippen LogP contribution in [0.2, 0.25) is 0 Å². The Morgan fingerprint density at radius 1 is 1.00 bits per heavy atom. The highest BCUT2D eigenvalue weighted by Gasteiger charge is 2.35. The largest absolute Gasteiger partial charge is 0.312 e. The molecule has 1 aliphatic carbocycles. The number of rotatable bonds is 5. The first-order valence-corrected chi connectivity index (χ1v) is 9.77. The molecule has 0 aromatic carbocycles. The lowest BCUT2D eigenvalue weighted by Crippen LogP contribution is -2.43. The molecular weight excluding hydrogens is 262 g/mol. The Labute approximate surface area is 132 Å². The summed E-state index contributed by atoms with van der Waals surface area (Å²) < 4.78 is 0. The van der Waals surface area contributed by atoms with Gasteiger partial charge in [-0.25, -0.2) is 0 Å². The van der Waals surface area contributed by atoms with Gasteiger partial charge in [0, 0.05) is 5.54 Å². The average molecular weight is 300 g/mol. The van der Waals surface area contributed by atoms with E-state index < -0.39 is 0 Å². The van der Waals surface area contributed by atoms with Gasteiger partial charge in [-0.15, -0.1) is 0 Å². The molecule has 1 nitrogen and oxygen atoms in total. The van der Waals surface area contributed by atoms with Crippen LogP contribution in [0, 0.1) is 23.2 Å². The Kier molecular flexibility index (Phi) is 6.92. The van der Waals surface area contributed by atoms with Crippen molar-refractivity contribution < 1.29 is 0 Å². The molecule has 1 N–H and O–H groups in total. The SMILES string of the molecule is CSCCC1CC(C(C)(C)C)CCC1CNC(C)(C)C. The van der Waals surface area contributed by atoms with E-state index in [-0.39, 0.29) is 5.54 Å². The van der Waals surface area contributed by atoms with E-state index in [9.17, 15) is 0 Å². The maximum atomic E-state index is 3.74. The van der Waals surface area contributed by atoms with Crippen LogP contribution in [-0.2, 0) is 0 Å². The molecule has 0 spiro atoms. The van der Waals surface area contributed by atoms with E-state index in [1.54, 1.807) is 0 Å². The minimum Gasteiger partial charge on any atom is -0.312 e. The van der Waals surface area contributed by atoms with Gasteiger partial charge in [-0.1, -0.05) is 20.8 Å². The Hall–Kier alpha value is 0.310. The van der Waals surface area contributed by atoms with Gasteiger partial charge < -0.3 is 5.32 Å². The third-order valence-corrected chi connectivity index (χ3v) is 5.60. The number of hydrogen-bond acceptors (Lipinski definition) is 2. The Morgan fingerprint density at radius 2 is 1.65 bits per heavy atom. The summed E-state index contributed by atoms with van der Waals surface area (Å²) in [6.07, 6.45) is 7.94. The molecule has 0 aliphatic heterocycles. The second kappa shape index (κ2) is 7.54. The summed E-state index contributed by atoms with van der Waals surface area (Å²) >= 11 is 2.01. The van der Waals surface area contributed by atoms with Gasteiger partial charge in [-0.2, -0.15) is 11.8 Å². The summed E-state index contributed by atoms with van der Waals surface area (Å²) in [5.74, 6) is 4.06. The van der Waals surface area contributed by atoms with Crippen LogP contribution < -0.4 is 5.32 Å². The summed E-state index contributed by atoms with van der Waals surface area (Å²) in [6, 6.07) is 0. The minimum atomic E-state index is 0.255. The predicted octanol–water partition coefficient (Wildman–Crippen LogP) is 5.21. The zero-order valence-electron chi connectivity index (χ0n) is 14.9. The first-order valence-electron chi connectivity index (χ1n) is 8.37. The van der Waals surface area contributed by atoms with Gasteiger partial charge in [0.05, 0.1) is 0 Å². The third-order valence-electron chi connectivity index (χ3n) is 4.95. The highest BCUT2D eigenvalue weighted by Crippen LogP contribution is 2.44. The molecule has 0 heterocycles. The second-order valence-corrected chi connectivity index (χ2v) is 9.79. The predicted molar refractivity (Wildman–Crippen MR) is 94.5 cm³/mol. The molecule has 2 heteroatoms. The van der Waals surface area contributed by atoms with Crippen molar-refractivity contribution >= 4 is 11.8 Å². The molecule has 20 heavy (non-hydrogen) atoms. The van der Waals surface area contributed by atoms with Gasteiger partial charge in [0.2, 0.25) is 0 Å². The van der Waals surface area contributed by atoms with E-state index in [4.69, 9.17) is 0 Å². The molecule has 0 radical (unpaired) electrons. The van der Waals surface area contributed by atoms with Crippen LogP contribution in [0.1, 0.15) is 67.2 Å². The van der Waals surface area contributed by atoms with Crippen molar-refractivity contribution in [3.8, 4) is 0 Å². The van der Waals surface area contributed by atoms with E-state index >= 15 is 0 Å². The highest BCUT2D eigenvalue weighted by atomic mass is 32.2. The van der Waals surface area contributed by atoms with Crippen LogP contribution in [0.3, 0.4) is 0 Å². The van der Waals surface area contributed by atoms with Gasteiger partial charge >= 0.3 is 0 Å². The van der Waals surface area contributed by atoms with Crippen molar-refractivity contribution in [2.45, 2.75) is 72.8 Å². The second-order valence-electron chi connectivity index (χ2n) is 8.81. The minimum absolute atomic E-state index is 0.255. The highest BCUT2D eigenvalue weighted by molar-refractivity contribution is 7.98. The first kappa shape index (κ1) is 18.4. The molecule has 0 saturated heterocycles. The van der Waals surface area contributed by atoms with E-state index in [1.165, 1.54) is 38.0 Å². The van der Waals surface area contributed by atoms with Crippen LogP contribution in [0.15, 0.2) is 0 Å². The normalized spacial score (nSPS) is 28.6. The van der Waals surface area contributed by atoms with Crippen LogP contribution in [0.25, 0.3) is 0 Å². The molecule has 0 aromatic heterocycles. The van der Waals surface area contributed by atoms with Crippen molar-refractivity contribution in [2.75, 3.05) is 18.6 Å². The van der Waals surface area contributed by atoms with Gasteiger partial charge in [-0.05, 0) is 88.2 Å². The van der Waals surface area contributed by atoms with E-state index in [0.29, 0.717) is 5.41 Å². The van der Waals surface area contributed by atoms with Crippen molar-refractivity contribution in [1.82, 2.24) is 5.32 Å². The maximum absolute atomic E-state index is 3.74. The summed E-state index contributed by atoms with van der Waals surface area (Å²) in [5.41, 5.74) is 0.741. The van der Waals surface area contributed by atoms with Gasteiger partial charge in [0.1, 0.15) is 0 Å². The lowest BCUT2D eigenvalue weighted by molar-refractivity contribution is 0.0924. The van der Waals surface area contributed by atoms with Crippen molar-refractivity contribution in [3.05, 3.63) is 0 Å². The summed E-state index contributed by atoms with van der Waals surface area (Å²) in [4.78, 5) is 0. The van der Waals surface area contributed by atoms with Crippen molar-refractivity contribution in [1.29, 1.82) is 0 Å². The Balaban J connectivity index is 2.60. The third kappa shape index (κ3) is 6.39. The summed E-state index contributed by atoms with van der Waals surface area (Å²) in [7, 11) is 0. The van der Waals surface area contributed by atoms with Crippen LogP contribution in [0.5, 0.6) is 0 Å². The lowest BCUT2D eigenvalue weighted by atomic mass is 9.65. The molecule has 0 bridgehead atoms. The Morgan fingerprint density at radius 3 is 2.15 bits per heavy atom. The van der Waals surface area contributed by atoms with E-state index in [0.717, 1.165) is 17.8 Å². The maximum Gasteiger partial charge on any atom is 0.00966 e. The molecule has 120 valence electrons. The summed E-state index contributed by atoms with van der Waals surface area (Å²) in [6.45, 7) is 15.3. The molecule has 1 saturated carbocycles. The van der Waals surface area contributed by atoms with Gasteiger partial charge in [0.25, 0.3) is 0 Å². The fraction of sp³-hybridized carbons (Fsp3) is 1.00. The Bertz CT molecular complexity index is 274. The quantitative estimate of drug-likeness (QED) is 0.748. The molecule has 1 rings (SSSR count). The van der Waals surface area contributed by atoms with Crippen molar-refractivity contribution in [2.24, 2.45) is 23.2 Å². The topological polar surface area (TPSA) is 12.0 Å². The monoisotopic (exact) mass is 299 g/mol. The van der Waals surface area contributed by atoms with Gasteiger partial charge in [0.15, 0.2) is 0 Å². The molecule has 1 fully saturated rings. The lowest BCUT2D eigenvalue weighted by Gasteiger charge is -2.43. The van der Waals surface area contributed by atoms with E-state index in [2.05, 4.69) is 53.1 Å². The zero-order chi connectivity index (χ0) is 15.4. The molecule has 0 amide bonds. The number of hydrogen-bond donors (Lipinski definition) is 1. The molecule has 3 unspecified atom stereocenters. The van der Waals surface area contributed by atoms with E-state index in [1.807, 2.05) is 11.8 Å². The fourth-order valence-corrected chi connectivity index (χ4v) is 3.98. The summed E-state index contributed by atoms with van der Waals surface area (Å²) in [5, 5.41) is 3.74. The molecule has 3 atom stereocenters. The smallest absolute Gasteiger partial charge is 0.00966 e. The molecular formula is C18H37NS. The molecule has 1 aliphatic rings. The van der Waals surface area contributed by atoms with Crippen molar-refractivity contribution in [3.63, 3.8) is 0 Å². The van der Waals surface area contributed by atoms with Crippen LogP contribution in [-0.4, -0.2) is 24.1 Å². The molecule has 0 aromatic rings. The number of nitrogens with one attached hydrogen (secondary N) is 1.